The standard InChI is InChI=1S/C20H18ClN3O3/c1-12-4-5-13-7-15(19(21)23-18(13)6-12)11-22-24-20(25)14-8-16(26-2)10-17(9-14)27-3/h4-11H,1-3H3,(H,24,25)/b22-11-. The van der Waals surface area contributed by atoms with Gasteiger partial charge in [0.15, 0.2) is 0 Å². The molecule has 6 nitrogen and oxygen atoms in total. The lowest BCUT2D eigenvalue weighted by Gasteiger charge is -2.07. The van der Waals surface area contributed by atoms with Gasteiger partial charge in [0, 0.05) is 22.6 Å². The molecule has 27 heavy (non-hydrogen) atoms. The molecule has 0 fully saturated rings. The Morgan fingerprint density at radius 1 is 1.11 bits per heavy atom. The summed E-state index contributed by atoms with van der Waals surface area (Å²) in [5.41, 5.74) is 5.35. The Morgan fingerprint density at radius 3 is 2.48 bits per heavy atom. The topological polar surface area (TPSA) is 72.8 Å². The lowest BCUT2D eigenvalue weighted by Crippen LogP contribution is -2.17. The smallest absolute Gasteiger partial charge is 0.271 e. The number of carbonyl (C=O) groups excluding carboxylic acids is 1. The van der Waals surface area contributed by atoms with Crippen molar-refractivity contribution < 1.29 is 14.3 Å². The fourth-order valence-electron chi connectivity index (χ4n) is 2.52. The molecule has 0 spiro atoms. The molecule has 3 rings (SSSR count). The van der Waals surface area contributed by atoms with Crippen LogP contribution in [0.1, 0.15) is 21.5 Å². The van der Waals surface area contributed by atoms with Gasteiger partial charge in [-0.2, -0.15) is 5.10 Å². The van der Waals surface area contributed by atoms with Gasteiger partial charge in [0.1, 0.15) is 16.7 Å². The van der Waals surface area contributed by atoms with E-state index in [1.54, 1.807) is 18.2 Å². The summed E-state index contributed by atoms with van der Waals surface area (Å²) >= 11 is 6.22. The number of amides is 1. The van der Waals surface area contributed by atoms with Crippen molar-refractivity contribution in [2.24, 2.45) is 5.10 Å². The molecule has 0 saturated carbocycles. The highest BCUT2D eigenvalue weighted by Gasteiger charge is 2.09. The van der Waals surface area contributed by atoms with Crippen LogP contribution in [0.4, 0.5) is 0 Å². The van der Waals surface area contributed by atoms with Crippen LogP contribution in [0.15, 0.2) is 47.6 Å². The van der Waals surface area contributed by atoms with E-state index < -0.39 is 5.91 Å². The van der Waals surface area contributed by atoms with Crippen LogP contribution in [0.2, 0.25) is 5.15 Å². The Balaban J connectivity index is 1.79. The molecule has 1 heterocycles. The molecule has 0 unspecified atom stereocenters. The van der Waals surface area contributed by atoms with E-state index in [0.717, 1.165) is 16.5 Å². The summed E-state index contributed by atoms with van der Waals surface area (Å²) in [6, 6.07) is 12.7. The third-order valence-corrected chi connectivity index (χ3v) is 4.24. The Kier molecular flexibility index (Phi) is 5.57. The number of pyridine rings is 1. The fraction of sp³-hybridized carbons (Fsp3) is 0.150. The van der Waals surface area contributed by atoms with Gasteiger partial charge in [0.2, 0.25) is 0 Å². The molecular formula is C20H18ClN3O3. The molecule has 0 aliphatic rings. The minimum Gasteiger partial charge on any atom is -0.497 e. The molecule has 0 aliphatic heterocycles. The van der Waals surface area contributed by atoms with Crippen molar-refractivity contribution in [3.63, 3.8) is 0 Å². The first-order valence-corrected chi connectivity index (χ1v) is 8.51. The van der Waals surface area contributed by atoms with Gasteiger partial charge >= 0.3 is 0 Å². The monoisotopic (exact) mass is 383 g/mol. The average Bonchev–Trinajstić information content (AvgIpc) is 2.67. The van der Waals surface area contributed by atoms with Gasteiger partial charge in [-0.25, -0.2) is 10.4 Å². The third kappa shape index (κ3) is 4.35. The Hall–Kier alpha value is -3.12. The van der Waals surface area contributed by atoms with Crippen LogP contribution in [0.3, 0.4) is 0 Å². The van der Waals surface area contributed by atoms with Crippen LogP contribution in [-0.2, 0) is 0 Å². The first kappa shape index (κ1) is 18.7. The molecule has 0 radical (unpaired) electrons. The number of aromatic nitrogens is 1. The largest absolute Gasteiger partial charge is 0.497 e. The number of methoxy groups -OCH3 is 2. The van der Waals surface area contributed by atoms with Crippen LogP contribution in [0, 0.1) is 6.92 Å². The highest BCUT2D eigenvalue weighted by Crippen LogP contribution is 2.23. The first-order chi connectivity index (χ1) is 13.0. The summed E-state index contributed by atoms with van der Waals surface area (Å²) in [6.07, 6.45) is 1.46. The number of nitrogens with one attached hydrogen (secondary N) is 1. The lowest BCUT2D eigenvalue weighted by molar-refractivity contribution is 0.0954. The number of hydrogen-bond acceptors (Lipinski definition) is 5. The zero-order valence-electron chi connectivity index (χ0n) is 15.1. The van der Waals surface area contributed by atoms with E-state index in [9.17, 15) is 4.79 Å². The quantitative estimate of drug-likeness (QED) is 0.411. The van der Waals surface area contributed by atoms with E-state index in [-0.39, 0.29) is 0 Å². The summed E-state index contributed by atoms with van der Waals surface area (Å²) < 4.78 is 10.3. The molecular weight excluding hydrogens is 366 g/mol. The van der Waals surface area contributed by atoms with Crippen molar-refractivity contribution >= 4 is 34.6 Å². The molecule has 1 N–H and O–H groups in total. The van der Waals surface area contributed by atoms with E-state index >= 15 is 0 Å². The number of hydrazone groups is 1. The van der Waals surface area contributed by atoms with Crippen LogP contribution in [0.25, 0.3) is 10.9 Å². The molecule has 138 valence electrons. The number of rotatable bonds is 5. The van der Waals surface area contributed by atoms with Gasteiger partial charge in [0.25, 0.3) is 5.91 Å². The van der Waals surface area contributed by atoms with E-state index in [2.05, 4.69) is 15.5 Å². The maximum absolute atomic E-state index is 12.3. The molecule has 0 atom stereocenters. The van der Waals surface area contributed by atoms with E-state index in [1.807, 2.05) is 31.2 Å². The molecule has 2 aromatic carbocycles. The van der Waals surface area contributed by atoms with Crippen molar-refractivity contribution in [2.75, 3.05) is 14.2 Å². The molecule has 0 saturated heterocycles. The van der Waals surface area contributed by atoms with Crippen LogP contribution >= 0.6 is 11.6 Å². The Labute approximate surface area is 161 Å². The van der Waals surface area contributed by atoms with Gasteiger partial charge in [-0.15, -0.1) is 0 Å². The summed E-state index contributed by atoms with van der Waals surface area (Å²) in [7, 11) is 3.04. The molecule has 1 aromatic heterocycles. The molecule has 3 aromatic rings. The number of benzene rings is 2. The molecule has 1 amide bonds. The second kappa shape index (κ2) is 8.05. The van der Waals surface area contributed by atoms with Gasteiger partial charge < -0.3 is 9.47 Å². The highest BCUT2D eigenvalue weighted by atomic mass is 35.5. The molecule has 0 bridgehead atoms. The van der Waals surface area contributed by atoms with E-state index in [4.69, 9.17) is 21.1 Å². The van der Waals surface area contributed by atoms with Gasteiger partial charge in [-0.3, -0.25) is 4.79 Å². The van der Waals surface area contributed by atoms with Crippen molar-refractivity contribution in [3.8, 4) is 11.5 Å². The summed E-state index contributed by atoms with van der Waals surface area (Å²) in [6.45, 7) is 1.99. The third-order valence-electron chi connectivity index (χ3n) is 3.94. The fourth-order valence-corrected chi connectivity index (χ4v) is 2.72. The number of carbonyl (C=O) groups is 1. The van der Waals surface area contributed by atoms with Crippen molar-refractivity contribution in [1.29, 1.82) is 0 Å². The Morgan fingerprint density at radius 2 is 1.81 bits per heavy atom. The highest BCUT2D eigenvalue weighted by molar-refractivity contribution is 6.32. The predicted octanol–water partition coefficient (Wildman–Crippen LogP) is 3.98. The van der Waals surface area contributed by atoms with Crippen LogP contribution in [-0.4, -0.2) is 31.3 Å². The van der Waals surface area contributed by atoms with Crippen molar-refractivity contribution in [2.45, 2.75) is 6.92 Å². The average molecular weight is 384 g/mol. The second-order valence-electron chi connectivity index (χ2n) is 5.87. The number of ether oxygens (including phenoxy) is 2. The molecule has 7 heteroatoms. The number of halogens is 1. The number of fused-ring (bicyclic) bond motifs is 1. The van der Waals surface area contributed by atoms with Crippen molar-refractivity contribution in [1.82, 2.24) is 10.4 Å². The summed E-state index contributed by atoms with van der Waals surface area (Å²) in [5, 5.41) is 5.24. The lowest BCUT2D eigenvalue weighted by atomic mass is 10.1. The maximum Gasteiger partial charge on any atom is 0.271 e. The zero-order chi connectivity index (χ0) is 19.4. The normalized spacial score (nSPS) is 11.0. The van der Waals surface area contributed by atoms with Crippen LogP contribution < -0.4 is 14.9 Å². The number of nitrogens with zero attached hydrogens (tertiary/aromatic N) is 2. The van der Waals surface area contributed by atoms with E-state index in [1.165, 1.54) is 20.4 Å². The van der Waals surface area contributed by atoms with E-state index in [0.29, 0.717) is 27.8 Å². The van der Waals surface area contributed by atoms with Crippen molar-refractivity contribution in [3.05, 3.63) is 64.3 Å². The summed E-state index contributed by atoms with van der Waals surface area (Å²) in [4.78, 5) is 16.7. The summed E-state index contributed by atoms with van der Waals surface area (Å²) in [5.74, 6) is 0.630. The SMILES string of the molecule is COc1cc(OC)cc(C(=O)N/N=C\c2cc3ccc(C)cc3nc2Cl)c1. The van der Waals surface area contributed by atoms with Crippen LogP contribution in [0.5, 0.6) is 11.5 Å². The second-order valence-corrected chi connectivity index (χ2v) is 6.22. The zero-order valence-corrected chi connectivity index (χ0v) is 15.9. The van der Waals surface area contributed by atoms with Gasteiger partial charge in [0.05, 0.1) is 26.0 Å². The first-order valence-electron chi connectivity index (χ1n) is 8.13. The van der Waals surface area contributed by atoms with Gasteiger partial charge in [-0.05, 0) is 36.8 Å². The predicted molar refractivity (Wildman–Crippen MR) is 106 cm³/mol. The Bertz CT molecular complexity index is 1010. The minimum atomic E-state index is -0.399. The minimum absolute atomic E-state index is 0.314. The number of hydrogen-bond donors (Lipinski definition) is 1. The number of aryl methyl sites for hydroxylation is 1. The van der Waals surface area contributed by atoms with Gasteiger partial charge in [-0.1, -0.05) is 23.7 Å². The molecule has 0 aliphatic carbocycles. The maximum atomic E-state index is 12.3.